The molecule has 2 aromatic heterocycles. The van der Waals surface area contributed by atoms with Crippen LogP contribution in [-0.4, -0.2) is 23.1 Å². The molecule has 29 heavy (non-hydrogen) atoms. The number of urea groups is 1. The summed E-state index contributed by atoms with van der Waals surface area (Å²) in [5.41, 5.74) is -0.0761. The van der Waals surface area contributed by atoms with E-state index < -0.39 is 23.5 Å². The van der Waals surface area contributed by atoms with Crippen LogP contribution in [0.3, 0.4) is 0 Å². The van der Waals surface area contributed by atoms with Gasteiger partial charge in [0.2, 0.25) is 0 Å². The van der Waals surface area contributed by atoms with Crippen LogP contribution in [0.4, 0.5) is 29.3 Å². The molecule has 0 atom stereocenters. The van der Waals surface area contributed by atoms with Crippen molar-refractivity contribution in [2.75, 3.05) is 17.7 Å². The van der Waals surface area contributed by atoms with Crippen molar-refractivity contribution in [2.24, 2.45) is 0 Å². The summed E-state index contributed by atoms with van der Waals surface area (Å²) in [7, 11) is 1.55. The van der Waals surface area contributed by atoms with Gasteiger partial charge >= 0.3 is 12.2 Å². The molecule has 0 saturated carbocycles. The highest BCUT2D eigenvalue weighted by molar-refractivity contribution is 6.02. The van der Waals surface area contributed by atoms with Crippen molar-refractivity contribution in [2.45, 2.75) is 25.6 Å². The molecule has 0 radical (unpaired) electrons. The van der Waals surface area contributed by atoms with Crippen LogP contribution >= 0.6 is 0 Å². The minimum atomic E-state index is -4.61. The summed E-state index contributed by atoms with van der Waals surface area (Å²) >= 11 is 0. The molecule has 2 amide bonds. The van der Waals surface area contributed by atoms with Gasteiger partial charge in [0, 0.05) is 29.9 Å². The summed E-state index contributed by atoms with van der Waals surface area (Å²) in [4.78, 5) is 20.1. The first-order valence-electron chi connectivity index (χ1n) is 8.66. The van der Waals surface area contributed by atoms with E-state index in [0.717, 1.165) is 23.2 Å². The molecule has 0 aliphatic carbocycles. The Kier molecular flexibility index (Phi) is 5.43. The molecule has 3 aromatic rings. The van der Waals surface area contributed by atoms with Crippen LogP contribution in [0.2, 0.25) is 0 Å². The van der Waals surface area contributed by atoms with E-state index in [9.17, 15) is 18.0 Å². The minimum absolute atomic E-state index is 0.0360. The number of hydrogen-bond donors (Lipinski definition) is 2. The lowest BCUT2D eigenvalue weighted by Crippen LogP contribution is -2.26. The molecule has 1 aromatic carbocycles. The summed E-state index contributed by atoms with van der Waals surface area (Å²) in [5, 5.41) is 5.84. The number of ether oxygens (including phenoxy) is 1. The Morgan fingerprint density at radius 3 is 2.48 bits per heavy atom. The molecule has 0 spiro atoms. The predicted molar refractivity (Wildman–Crippen MR) is 104 cm³/mol. The lowest BCUT2D eigenvalue weighted by molar-refractivity contribution is -0.141. The van der Waals surface area contributed by atoms with E-state index in [2.05, 4.69) is 20.6 Å². The number of benzene rings is 1. The Hall–Kier alpha value is -3.20. The molecule has 2 N–H and O–H groups in total. The standard InChI is InChI=1S/C20H19F3N4O2/c1-19(2,29-3)17-13-6-4-5-7-14(13)25-11-15(17)27-18(28)26-12-8-9-24-16(10-12)20(21,22)23/h4-11H,1-3H3,(H2,24,26,27,28). The van der Waals surface area contributed by atoms with E-state index >= 15 is 0 Å². The van der Waals surface area contributed by atoms with E-state index in [4.69, 9.17) is 4.74 Å². The van der Waals surface area contributed by atoms with Gasteiger partial charge in [-0.15, -0.1) is 0 Å². The van der Waals surface area contributed by atoms with Crippen LogP contribution in [0.1, 0.15) is 25.1 Å². The normalized spacial score (nSPS) is 12.1. The van der Waals surface area contributed by atoms with E-state index in [1.54, 1.807) is 7.11 Å². The first-order chi connectivity index (χ1) is 13.6. The lowest BCUT2D eigenvalue weighted by Gasteiger charge is -2.27. The first-order valence-corrected chi connectivity index (χ1v) is 8.66. The molecular formula is C20H19F3N4O2. The minimum Gasteiger partial charge on any atom is -0.374 e. The fraction of sp³-hybridized carbons (Fsp3) is 0.250. The zero-order valence-electron chi connectivity index (χ0n) is 16.0. The smallest absolute Gasteiger partial charge is 0.374 e. The lowest BCUT2D eigenvalue weighted by atomic mass is 9.92. The van der Waals surface area contributed by atoms with Crippen molar-refractivity contribution in [3.8, 4) is 0 Å². The number of methoxy groups -OCH3 is 1. The molecule has 3 rings (SSSR count). The van der Waals surface area contributed by atoms with Crippen LogP contribution in [0.25, 0.3) is 10.9 Å². The summed E-state index contributed by atoms with van der Waals surface area (Å²) in [6, 6.07) is 8.71. The van der Waals surface area contributed by atoms with E-state index in [0.29, 0.717) is 11.3 Å². The molecule has 0 aliphatic heterocycles. The molecule has 0 bridgehead atoms. The SMILES string of the molecule is COC(C)(C)c1c(NC(=O)Nc2ccnc(C(F)(F)F)c2)cnc2ccccc12. The third-order valence-electron chi connectivity index (χ3n) is 4.44. The van der Waals surface area contributed by atoms with E-state index in [1.165, 1.54) is 12.3 Å². The highest BCUT2D eigenvalue weighted by atomic mass is 19.4. The van der Waals surface area contributed by atoms with Crippen molar-refractivity contribution in [1.29, 1.82) is 0 Å². The number of carbonyl (C=O) groups excluding carboxylic acids is 1. The number of aromatic nitrogens is 2. The number of nitrogens with one attached hydrogen (secondary N) is 2. The Bertz CT molecular complexity index is 1050. The number of hydrogen-bond acceptors (Lipinski definition) is 4. The Morgan fingerprint density at radius 1 is 1.07 bits per heavy atom. The van der Waals surface area contributed by atoms with Gasteiger partial charge in [0.15, 0.2) is 0 Å². The number of anilines is 2. The van der Waals surface area contributed by atoms with Gasteiger partial charge in [0.1, 0.15) is 5.69 Å². The van der Waals surface area contributed by atoms with Gasteiger partial charge in [-0.3, -0.25) is 9.97 Å². The quantitative estimate of drug-likeness (QED) is 0.629. The summed E-state index contributed by atoms with van der Waals surface area (Å²) < 4.78 is 44.0. The molecule has 9 heteroatoms. The van der Waals surface area contributed by atoms with Crippen LogP contribution in [0.15, 0.2) is 48.8 Å². The molecule has 0 fully saturated rings. The van der Waals surface area contributed by atoms with Crippen molar-refractivity contribution in [3.05, 3.63) is 60.0 Å². The van der Waals surface area contributed by atoms with Gasteiger partial charge in [-0.25, -0.2) is 4.79 Å². The highest BCUT2D eigenvalue weighted by Gasteiger charge is 2.32. The third kappa shape index (κ3) is 4.45. The third-order valence-corrected chi connectivity index (χ3v) is 4.44. The monoisotopic (exact) mass is 404 g/mol. The zero-order valence-corrected chi connectivity index (χ0v) is 16.0. The topological polar surface area (TPSA) is 76.1 Å². The summed E-state index contributed by atoms with van der Waals surface area (Å²) in [6.07, 6.45) is -2.13. The number of amides is 2. The fourth-order valence-electron chi connectivity index (χ4n) is 2.93. The maximum absolute atomic E-state index is 12.8. The molecule has 6 nitrogen and oxygen atoms in total. The average Bonchev–Trinajstić information content (AvgIpc) is 2.67. The van der Waals surface area contributed by atoms with Crippen LogP contribution < -0.4 is 10.6 Å². The number of alkyl halides is 3. The van der Waals surface area contributed by atoms with Crippen molar-refractivity contribution >= 4 is 28.3 Å². The van der Waals surface area contributed by atoms with Crippen molar-refractivity contribution in [1.82, 2.24) is 9.97 Å². The maximum Gasteiger partial charge on any atom is 0.433 e. The second-order valence-corrected chi connectivity index (χ2v) is 6.79. The van der Waals surface area contributed by atoms with Gasteiger partial charge in [-0.2, -0.15) is 13.2 Å². The molecule has 0 unspecified atom stereocenters. The van der Waals surface area contributed by atoms with E-state index in [1.807, 2.05) is 38.1 Å². The Labute approximate surface area is 165 Å². The number of halogens is 3. The number of rotatable bonds is 4. The molecular weight excluding hydrogens is 385 g/mol. The Morgan fingerprint density at radius 2 is 1.79 bits per heavy atom. The van der Waals surface area contributed by atoms with Gasteiger partial charge in [-0.05, 0) is 32.0 Å². The number of para-hydroxylation sites is 1. The molecule has 0 aliphatic rings. The fourth-order valence-corrected chi connectivity index (χ4v) is 2.93. The maximum atomic E-state index is 12.8. The largest absolute Gasteiger partial charge is 0.433 e. The van der Waals surface area contributed by atoms with Gasteiger partial charge < -0.3 is 15.4 Å². The number of pyridine rings is 2. The van der Waals surface area contributed by atoms with Crippen LogP contribution in [0.5, 0.6) is 0 Å². The van der Waals surface area contributed by atoms with Gasteiger partial charge in [-0.1, -0.05) is 18.2 Å². The Balaban J connectivity index is 1.92. The second kappa shape index (κ2) is 7.67. The number of carbonyl (C=O) groups is 1. The summed E-state index contributed by atoms with van der Waals surface area (Å²) in [5.74, 6) is 0. The van der Waals surface area contributed by atoms with Gasteiger partial charge in [0.25, 0.3) is 0 Å². The second-order valence-electron chi connectivity index (χ2n) is 6.79. The molecule has 2 heterocycles. The zero-order chi connectivity index (χ0) is 21.2. The number of fused-ring (bicyclic) bond motifs is 1. The van der Waals surface area contributed by atoms with Crippen molar-refractivity contribution < 1.29 is 22.7 Å². The van der Waals surface area contributed by atoms with Gasteiger partial charge in [0.05, 0.1) is 23.0 Å². The summed E-state index contributed by atoms with van der Waals surface area (Å²) in [6.45, 7) is 3.69. The highest BCUT2D eigenvalue weighted by Crippen LogP contribution is 2.36. The van der Waals surface area contributed by atoms with Crippen LogP contribution in [-0.2, 0) is 16.5 Å². The van der Waals surface area contributed by atoms with E-state index in [-0.39, 0.29) is 5.69 Å². The predicted octanol–water partition coefficient (Wildman–Crippen LogP) is 5.17. The molecule has 152 valence electrons. The molecule has 0 saturated heterocycles. The first kappa shape index (κ1) is 20.5. The van der Waals surface area contributed by atoms with Crippen molar-refractivity contribution in [3.63, 3.8) is 0 Å². The average molecular weight is 404 g/mol. The number of nitrogens with zero attached hydrogens (tertiary/aromatic N) is 2. The van der Waals surface area contributed by atoms with Crippen LogP contribution in [0, 0.1) is 0 Å².